The van der Waals surface area contributed by atoms with Gasteiger partial charge >= 0.3 is 6.03 Å². The molecule has 7 nitrogen and oxygen atoms in total. The molecule has 0 radical (unpaired) electrons. The Labute approximate surface area is 182 Å². The number of hydrogen-bond donors (Lipinski definition) is 0. The van der Waals surface area contributed by atoms with Gasteiger partial charge in [-0.1, -0.05) is 0 Å². The van der Waals surface area contributed by atoms with Crippen LogP contribution in [-0.2, 0) is 0 Å². The van der Waals surface area contributed by atoms with E-state index < -0.39 is 0 Å². The molecule has 2 unspecified atom stereocenters. The molecule has 2 aliphatic carbocycles. The SMILES string of the molecule is Cc1csc(C(=O)C2[C@H]3CN(C(=O)N4C[C@@H]5C(C(=O)c6nc(C)cs6)[C@@H]5C4)C[C@@H]23)n1. The largest absolute Gasteiger partial charge is 0.324 e. The van der Waals surface area contributed by atoms with Crippen LogP contribution in [0.1, 0.15) is 31.0 Å². The second kappa shape index (κ2) is 6.43. The molecule has 2 saturated heterocycles. The van der Waals surface area contributed by atoms with E-state index >= 15 is 0 Å². The van der Waals surface area contributed by atoms with E-state index in [2.05, 4.69) is 9.97 Å². The topological polar surface area (TPSA) is 83.5 Å². The maximum absolute atomic E-state index is 12.9. The van der Waals surface area contributed by atoms with Gasteiger partial charge in [-0.05, 0) is 37.5 Å². The number of carbonyl (C=O) groups excluding carboxylic acids is 3. The van der Waals surface area contributed by atoms with Crippen LogP contribution in [0.25, 0.3) is 0 Å². The number of piperidine rings is 2. The van der Waals surface area contributed by atoms with E-state index in [1.165, 1.54) is 22.7 Å². The van der Waals surface area contributed by atoms with Crippen molar-refractivity contribution < 1.29 is 14.4 Å². The second-order valence-electron chi connectivity index (χ2n) is 9.12. The Bertz CT molecular complexity index is 972. The number of amides is 2. The van der Waals surface area contributed by atoms with Gasteiger partial charge < -0.3 is 9.80 Å². The molecule has 6 rings (SSSR count). The van der Waals surface area contributed by atoms with Crippen molar-refractivity contribution in [1.29, 1.82) is 0 Å². The summed E-state index contributed by atoms with van der Waals surface area (Å²) in [6.45, 7) is 6.46. The first-order chi connectivity index (χ1) is 14.4. The highest BCUT2D eigenvalue weighted by molar-refractivity contribution is 7.12. The van der Waals surface area contributed by atoms with Gasteiger partial charge in [-0.15, -0.1) is 22.7 Å². The van der Waals surface area contributed by atoms with Crippen molar-refractivity contribution in [1.82, 2.24) is 19.8 Å². The molecule has 0 N–H and O–H groups in total. The Morgan fingerprint density at radius 2 is 1.13 bits per heavy atom. The Balaban J connectivity index is 1.02. The third-order valence-electron chi connectivity index (χ3n) is 7.19. The van der Waals surface area contributed by atoms with Gasteiger partial charge in [0.15, 0.2) is 21.6 Å². The maximum Gasteiger partial charge on any atom is 0.320 e. The van der Waals surface area contributed by atoms with Crippen molar-refractivity contribution in [3.63, 3.8) is 0 Å². The number of carbonyl (C=O) groups is 3. The van der Waals surface area contributed by atoms with Crippen molar-refractivity contribution in [2.75, 3.05) is 26.2 Å². The zero-order valence-corrected chi connectivity index (χ0v) is 18.4. The fourth-order valence-corrected chi connectivity index (χ4v) is 7.13. The average molecular weight is 443 g/mol. The number of thiazole rings is 2. The first-order valence-electron chi connectivity index (χ1n) is 10.4. The van der Waals surface area contributed by atoms with Crippen LogP contribution in [0.5, 0.6) is 0 Å². The Kier molecular flexibility index (Phi) is 3.99. The third-order valence-corrected chi connectivity index (χ3v) is 9.14. The average Bonchev–Trinajstić information content (AvgIpc) is 3.23. The van der Waals surface area contributed by atoms with Crippen molar-refractivity contribution in [3.8, 4) is 0 Å². The fourth-order valence-electron chi connectivity index (χ4n) is 5.56. The van der Waals surface area contributed by atoms with Crippen LogP contribution in [-0.4, -0.2) is 63.5 Å². The number of hydrogen-bond acceptors (Lipinski definition) is 7. The van der Waals surface area contributed by atoms with Crippen molar-refractivity contribution in [2.45, 2.75) is 13.8 Å². The van der Waals surface area contributed by atoms with Crippen molar-refractivity contribution in [2.24, 2.45) is 35.5 Å². The molecule has 2 aliphatic heterocycles. The van der Waals surface area contributed by atoms with E-state index in [0.717, 1.165) is 11.4 Å². The number of aryl methyl sites for hydroxylation is 2. The van der Waals surface area contributed by atoms with E-state index in [-0.39, 0.29) is 53.1 Å². The Hall–Kier alpha value is -2.13. The molecule has 30 heavy (non-hydrogen) atoms. The lowest BCUT2D eigenvalue weighted by Gasteiger charge is -2.27. The highest BCUT2D eigenvalue weighted by atomic mass is 32.1. The molecule has 0 aromatic carbocycles. The molecule has 0 bridgehead atoms. The highest BCUT2D eigenvalue weighted by Gasteiger charge is 2.63. The van der Waals surface area contributed by atoms with Crippen LogP contribution in [0.2, 0.25) is 0 Å². The Morgan fingerprint density at radius 3 is 1.43 bits per heavy atom. The van der Waals surface area contributed by atoms with Crippen LogP contribution in [0.4, 0.5) is 4.79 Å². The summed E-state index contributed by atoms with van der Waals surface area (Å²) in [7, 11) is 0. The molecule has 0 spiro atoms. The number of rotatable bonds is 4. The van der Waals surface area contributed by atoms with Gasteiger partial charge in [0.05, 0.1) is 0 Å². The van der Waals surface area contributed by atoms with E-state index in [1.807, 2.05) is 34.4 Å². The summed E-state index contributed by atoms with van der Waals surface area (Å²) in [5.41, 5.74) is 1.78. The van der Waals surface area contributed by atoms with Gasteiger partial charge in [0, 0.05) is 60.2 Å². The second-order valence-corrected chi connectivity index (χ2v) is 10.8. The van der Waals surface area contributed by atoms with E-state index in [0.29, 0.717) is 36.2 Å². The van der Waals surface area contributed by atoms with Gasteiger partial charge in [0.25, 0.3) is 0 Å². The summed E-state index contributed by atoms with van der Waals surface area (Å²) < 4.78 is 0. The summed E-state index contributed by atoms with van der Waals surface area (Å²) in [5.74, 6) is 1.50. The van der Waals surface area contributed by atoms with Crippen molar-refractivity contribution >= 4 is 40.3 Å². The number of nitrogens with zero attached hydrogens (tertiary/aromatic N) is 4. The molecule has 156 valence electrons. The molecule has 6 atom stereocenters. The number of ketones is 2. The van der Waals surface area contributed by atoms with Gasteiger partial charge in [0.2, 0.25) is 0 Å². The van der Waals surface area contributed by atoms with Gasteiger partial charge in [-0.2, -0.15) is 0 Å². The molecule has 2 aromatic rings. The van der Waals surface area contributed by atoms with Gasteiger partial charge in [-0.25, -0.2) is 14.8 Å². The quantitative estimate of drug-likeness (QED) is 0.680. The standard InChI is InChI=1S/C21H22N4O3S2/c1-9-7-29-19(22-9)17(26)15-11-3-24(4-12(11)15)21(28)25-5-13-14(6-25)16(13)18(27)20-23-10(2)8-30-20/h7-8,11-16H,3-6H2,1-2H3/t11-,12+,13-,14+,15?,16?. The molecular formula is C21H22N4O3S2. The van der Waals surface area contributed by atoms with Gasteiger partial charge in [-0.3, -0.25) is 9.59 Å². The fraction of sp³-hybridized carbons (Fsp3) is 0.571. The first kappa shape index (κ1) is 18.6. The number of Topliss-reactive ketones (excluding diaryl/α,β-unsaturated/α-hetero) is 2. The van der Waals surface area contributed by atoms with Crippen LogP contribution in [0, 0.1) is 49.4 Å². The van der Waals surface area contributed by atoms with E-state index in [1.54, 1.807) is 0 Å². The smallest absolute Gasteiger partial charge is 0.320 e. The minimum absolute atomic E-state index is 0.0373. The van der Waals surface area contributed by atoms with Crippen LogP contribution < -0.4 is 0 Å². The maximum atomic E-state index is 12.9. The summed E-state index contributed by atoms with van der Waals surface area (Å²) in [4.78, 5) is 50.7. The molecule has 4 heterocycles. The predicted octanol–water partition coefficient (Wildman–Crippen LogP) is 2.76. The highest BCUT2D eigenvalue weighted by Crippen LogP contribution is 2.55. The zero-order chi connectivity index (χ0) is 20.7. The summed E-state index contributed by atoms with van der Waals surface area (Å²) >= 11 is 2.84. The van der Waals surface area contributed by atoms with Crippen LogP contribution in [0.15, 0.2) is 10.8 Å². The van der Waals surface area contributed by atoms with Crippen LogP contribution >= 0.6 is 22.7 Å². The lowest BCUT2D eigenvalue weighted by Crippen LogP contribution is -2.44. The molecule has 4 aliphatic rings. The summed E-state index contributed by atoms with van der Waals surface area (Å²) in [6, 6.07) is 0.0713. The Morgan fingerprint density at radius 1 is 0.767 bits per heavy atom. The minimum Gasteiger partial charge on any atom is -0.324 e. The lowest BCUT2D eigenvalue weighted by molar-refractivity contribution is 0.0934. The molecule has 2 aromatic heterocycles. The van der Waals surface area contributed by atoms with E-state index in [9.17, 15) is 14.4 Å². The normalized spacial score (nSPS) is 33.4. The number of aromatic nitrogens is 2. The lowest BCUT2D eigenvalue weighted by atomic mass is 10.1. The molecular weight excluding hydrogens is 420 g/mol. The zero-order valence-electron chi connectivity index (χ0n) is 16.8. The molecule has 9 heteroatoms. The monoisotopic (exact) mass is 442 g/mol. The predicted molar refractivity (Wildman–Crippen MR) is 112 cm³/mol. The number of likely N-dealkylation sites (tertiary alicyclic amines) is 2. The summed E-state index contributed by atoms with van der Waals surface area (Å²) in [5, 5.41) is 5.03. The number of fused-ring (bicyclic) bond motifs is 2. The van der Waals surface area contributed by atoms with Gasteiger partial charge in [0.1, 0.15) is 0 Å². The van der Waals surface area contributed by atoms with Crippen LogP contribution in [0.3, 0.4) is 0 Å². The number of urea groups is 1. The molecule has 2 saturated carbocycles. The summed E-state index contributed by atoms with van der Waals surface area (Å²) in [6.07, 6.45) is 0. The van der Waals surface area contributed by atoms with Crippen molar-refractivity contribution in [3.05, 3.63) is 32.2 Å². The first-order valence-corrected chi connectivity index (χ1v) is 12.1. The molecule has 2 amide bonds. The molecule has 4 fully saturated rings. The minimum atomic E-state index is 0.0373. The van der Waals surface area contributed by atoms with E-state index in [4.69, 9.17) is 0 Å². The third kappa shape index (κ3) is 2.78.